The van der Waals surface area contributed by atoms with E-state index < -0.39 is 15.6 Å². The zero-order chi connectivity index (χ0) is 7.71. The van der Waals surface area contributed by atoms with Crippen LogP contribution in [-0.4, -0.2) is 38.4 Å². The van der Waals surface area contributed by atoms with Crippen LogP contribution >= 0.6 is 15.6 Å². The molecule has 64 valence electrons. The Balaban J connectivity index is -0.000000320. The molecule has 0 radical (unpaired) electrons. The average Bonchev–Trinajstić information content (AvgIpc) is 1.14. The van der Waals surface area contributed by atoms with Gasteiger partial charge in [0.05, 0.1) is 0 Å². The molecule has 0 amide bonds. The Morgan fingerprint density at radius 3 is 1.09 bits per heavy atom. The summed E-state index contributed by atoms with van der Waals surface area (Å²) in [5.41, 5.74) is 0. The molecule has 4 N–H and O–H groups in total. The molecule has 0 heterocycles. The SMILES string of the molecule is O=P(O)(O)OP(=O)(O)O.[LiH].[Mo]. The number of phosphoric acid groups is 2. The molecule has 0 fully saturated rings. The van der Waals surface area contributed by atoms with Gasteiger partial charge in [0.2, 0.25) is 0 Å². The second-order valence-electron chi connectivity index (χ2n) is 1.06. The maximum Gasteiger partial charge on any atom is 0 e. The fraction of sp³-hybridized carbons (Fsp3) is 0. The summed E-state index contributed by atoms with van der Waals surface area (Å²) < 4.78 is 22.2. The van der Waals surface area contributed by atoms with E-state index in [9.17, 15) is 9.13 Å². The van der Waals surface area contributed by atoms with Gasteiger partial charge in [-0.25, -0.2) is 9.13 Å². The van der Waals surface area contributed by atoms with Crippen LogP contribution in [0.15, 0.2) is 0 Å². The first-order chi connectivity index (χ1) is 3.71. The van der Waals surface area contributed by atoms with Crippen LogP contribution in [0.4, 0.5) is 0 Å². The molecule has 0 aromatic carbocycles. The van der Waals surface area contributed by atoms with Gasteiger partial charge in [-0.1, -0.05) is 0 Å². The Morgan fingerprint density at radius 2 is 1.09 bits per heavy atom. The van der Waals surface area contributed by atoms with E-state index in [2.05, 4.69) is 4.31 Å². The van der Waals surface area contributed by atoms with Gasteiger partial charge in [-0.15, -0.1) is 0 Å². The predicted molar refractivity (Wildman–Crippen MR) is 32.3 cm³/mol. The van der Waals surface area contributed by atoms with Gasteiger partial charge in [-0.2, -0.15) is 4.31 Å². The third-order valence-corrected chi connectivity index (χ3v) is 1.91. The Hall–Kier alpha value is 1.55. The molecule has 11 heteroatoms. The number of rotatable bonds is 2. The summed E-state index contributed by atoms with van der Waals surface area (Å²) in [4.78, 5) is 31.0. The smallest absolute Gasteiger partial charge is 0 e. The van der Waals surface area contributed by atoms with Gasteiger partial charge in [0.1, 0.15) is 0 Å². The largest absolute Gasteiger partial charge is 0 e. The molecule has 7 nitrogen and oxygen atoms in total. The van der Waals surface area contributed by atoms with Crippen molar-refractivity contribution in [2.24, 2.45) is 0 Å². The van der Waals surface area contributed by atoms with Crippen molar-refractivity contribution in [1.82, 2.24) is 0 Å². The molecule has 0 saturated heterocycles. The fourth-order valence-electron chi connectivity index (χ4n) is 0.139. The summed E-state index contributed by atoms with van der Waals surface area (Å²) >= 11 is 0. The Bertz CT molecular complexity index is 157. The molecule has 0 rings (SSSR count). The Labute approximate surface area is 88.4 Å². The average molecular weight is 282 g/mol. The zero-order valence-electron chi connectivity index (χ0n) is 4.32. The van der Waals surface area contributed by atoms with E-state index in [1.807, 2.05) is 0 Å². The molecular weight excluding hydrogens is 277 g/mol. The molecule has 0 aromatic heterocycles. The van der Waals surface area contributed by atoms with Crippen LogP contribution in [0.25, 0.3) is 0 Å². The first kappa shape index (κ1) is 18.4. The van der Waals surface area contributed by atoms with Gasteiger partial charge in [-0.3, -0.25) is 0 Å². The second kappa shape index (κ2) is 6.07. The third kappa shape index (κ3) is 18.5. The molecular formula is H5LiMoO7P2. The van der Waals surface area contributed by atoms with E-state index >= 15 is 0 Å². The maximum absolute atomic E-state index is 9.63. The van der Waals surface area contributed by atoms with Gasteiger partial charge in [0, 0.05) is 21.1 Å². The monoisotopic (exact) mass is 284 g/mol. The van der Waals surface area contributed by atoms with Crippen molar-refractivity contribution in [2.75, 3.05) is 0 Å². The molecule has 11 heavy (non-hydrogen) atoms. The van der Waals surface area contributed by atoms with Crippen molar-refractivity contribution < 1.29 is 54.1 Å². The van der Waals surface area contributed by atoms with Crippen LogP contribution in [0.5, 0.6) is 0 Å². The first-order valence-corrected chi connectivity index (χ1v) is 4.59. The summed E-state index contributed by atoms with van der Waals surface area (Å²) in [6, 6.07) is 0. The number of hydrogen-bond donors (Lipinski definition) is 4. The predicted octanol–water partition coefficient (Wildman–Crippen LogP) is -1.46. The number of hydrogen-bond acceptors (Lipinski definition) is 3. The second-order valence-corrected chi connectivity index (χ2v) is 3.68. The van der Waals surface area contributed by atoms with Crippen LogP contribution in [0, 0.1) is 0 Å². The standard InChI is InChI=1S/Li.Mo.H4O7P2.H/c;;1-8(2,3)7-9(4,5)6;/h;;(H2,1,2,3)(H2,4,5,6);. The van der Waals surface area contributed by atoms with Gasteiger partial charge in [0.15, 0.2) is 0 Å². The third-order valence-electron chi connectivity index (χ3n) is 0.213. The van der Waals surface area contributed by atoms with Crippen molar-refractivity contribution in [3.8, 4) is 0 Å². The summed E-state index contributed by atoms with van der Waals surface area (Å²) in [6.07, 6.45) is 0. The van der Waals surface area contributed by atoms with Crippen molar-refractivity contribution in [3.05, 3.63) is 0 Å². The molecule has 0 aromatic rings. The maximum atomic E-state index is 9.63. The van der Waals surface area contributed by atoms with E-state index in [0.717, 1.165) is 0 Å². The van der Waals surface area contributed by atoms with E-state index in [-0.39, 0.29) is 39.9 Å². The molecule has 0 saturated carbocycles. The van der Waals surface area contributed by atoms with Gasteiger partial charge >= 0.3 is 34.5 Å². The van der Waals surface area contributed by atoms with E-state index in [0.29, 0.717) is 0 Å². The molecule has 0 spiro atoms. The normalized spacial score (nSPS) is 11.3. The summed E-state index contributed by atoms with van der Waals surface area (Å²) in [6.45, 7) is 0. The summed E-state index contributed by atoms with van der Waals surface area (Å²) in [5, 5.41) is 0. The molecule has 0 unspecified atom stereocenters. The van der Waals surface area contributed by atoms with Crippen LogP contribution < -0.4 is 0 Å². The van der Waals surface area contributed by atoms with Crippen LogP contribution in [0.3, 0.4) is 0 Å². The molecule has 0 aliphatic carbocycles. The summed E-state index contributed by atoms with van der Waals surface area (Å²) in [7, 11) is -10.1. The first-order valence-electron chi connectivity index (χ1n) is 1.53. The van der Waals surface area contributed by atoms with Crippen molar-refractivity contribution >= 4 is 34.5 Å². The molecule has 0 bridgehead atoms. The molecule has 0 aliphatic rings. The Morgan fingerprint density at radius 1 is 0.909 bits per heavy atom. The van der Waals surface area contributed by atoms with Crippen LogP contribution in [0.2, 0.25) is 0 Å². The fourth-order valence-corrected chi connectivity index (χ4v) is 1.25. The van der Waals surface area contributed by atoms with Crippen LogP contribution in [-0.2, 0) is 34.5 Å². The van der Waals surface area contributed by atoms with Gasteiger partial charge in [0.25, 0.3) is 0 Å². The zero-order valence-corrected chi connectivity index (χ0v) is 8.11. The Kier molecular flexibility index (Phi) is 10.1. The van der Waals surface area contributed by atoms with Crippen molar-refractivity contribution in [3.63, 3.8) is 0 Å². The van der Waals surface area contributed by atoms with E-state index in [1.54, 1.807) is 0 Å². The minimum atomic E-state index is -5.05. The van der Waals surface area contributed by atoms with Crippen molar-refractivity contribution in [1.29, 1.82) is 0 Å². The minimum Gasteiger partial charge on any atom is 0 e. The van der Waals surface area contributed by atoms with E-state index in [4.69, 9.17) is 19.6 Å². The van der Waals surface area contributed by atoms with Crippen LogP contribution in [0.1, 0.15) is 0 Å². The minimum absolute atomic E-state index is 0. The van der Waals surface area contributed by atoms with Gasteiger partial charge < -0.3 is 19.6 Å². The quantitative estimate of drug-likeness (QED) is 0.360. The van der Waals surface area contributed by atoms with E-state index in [1.165, 1.54) is 0 Å². The topological polar surface area (TPSA) is 124 Å². The molecule has 0 aliphatic heterocycles. The molecule has 0 atom stereocenters. The van der Waals surface area contributed by atoms with Gasteiger partial charge in [-0.05, 0) is 0 Å². The van der Waals surface area contributed by atoms with Crippen molar-refractivity contribution in [2.45, 2.75) is 0 Å². The summed E-state index contributed by atoms with van der Waals surface area (Å²) in [5.74, 6) is 0.